The van der Waals surface area contributed by atoms with E-state index in [9.17, 15) is 5.11 Å². The summed E-state index contributed by atoms with van der Waals surface area (Å²) >= 11 is 0. The van der Waals surface area contributed by atoms with Gasteiger partial charge in [-0.1, -0.05) is 19.8 Å². The number of hydrogen-bond acceptors (Lipinski definition) is 2. The number of fused-ring (bicyclic) bond motifs is 1. The second-order valence-corrected chi connectivity index (χ2v) is 3.73. The second-order valence-electron chi connectivity index (χ2n) is 3.73. The number of aliphatic hydroxyl groups is 1. The SMILES string of the molecule is CC[C@H](O)[C@]12CCCC[C@H]1O2. The van der Waals surface area contributed by atoms with Gasteiger partial charge in [-0.25, -0.2) is 0 Å². The zero-order valence-electron chi connectivity index (χ0n) is 7.05. The van der Waals surface area contributed by atoms with Crippen LogP contribution in [-0.2, 0) is 4.74 Å². The molecule has 0 aromatic heterocycles. The smallest absolute Gasteiger partial charge is 0.120 e. The van der Waals surface area contributed by atoms with Gasteiger partial charge in [0, 0.05) is 0 Å². The van der Waals surface area contributed by atoms with Gasteiger partial charge in [0.15, 0.2) is 0 Å². The molecule has 0 unspecified atom stereocenters. The van der Waals surface area contributed by atoms with E-state index in [2.05, 4.69) is 0 Å². The summed E-state index contributed by atoms with van der Waals surface area (Å²) in [5.41, 5.74) is -0.0903. The highest BCUT2D eigenvalue weighted by Gasteiger charge is 2.60. The molecule has 0 radical (unpaired) electrons. The van der Waals surface area contributed by atoms with Gasteiger partial charge in [-0.15, -0.1) is 0 Å². The first-order chi connectivity index (χ1) is 5.29. The lowest BCUT2D eigenvalue weighted by atomic mass is 9.84. The minimum atomic E-state index is -0.215. The molecule has 2 heteroatoms. The van der Waals surface area contributed by atoms with Gasteiger partial charge in [0.05, 0.1) is 12.2 Å². The number of ether oxygens (including phenoxy) is 1. The lowest BCUT2D eigenvalue weighted by molar-refractivity contribution is 0.0644. The lowest BCUT2D eigenvalue weighted by Crippen LogP contribution is -2.33. The second kappa shape index (κ2) is 2.46. The van der Waals surface area contributed by atoms with Crippen molar-refractivity contribution >= 4 is 0 Å². The minimum absolute atomic E-state index is 0.0903. The van der Waals surface area contributed by atoms with Gasteiger partial charge in [0.25, 0.3) is 0 Å². The van der Waals surface area contributed by atoms with Gasteiger partial charge in [-0.2, -0.15) is 0 Å². The molecule has 1 aliphatic heterocycles. The van der Waals surface area contributed by atoms with Gasteiger partial charge in [-0.05, 0) is 19.3 Å². The van der Waals surface area contributed by atoms with Crippen LogP contribution in [0, 0.1) is 0 Å². The Labute approximate surface area is 67.6 Å². The van der Waals surface area contributed by atoms with E-state index < -0.39 is 0 Å². The molecule has 0 aromatic rings. The molecule has 1 saturated carbocycles. The van der Waals surface area contributed by atoms with Crippen LogP contribution in [0.5, 0.6) is 0 Å². The van der Waals surface area contributed by atoms with Crippen molar-refractivity contribution in [1.82, 2.24) is 0 Å². The maximum absolute atomic E-state index is 9.66. The molecule has 3 atom stereocenters. The maximum atomic E-state index is 9.66. The predicted octanol–water partition coefficient (Wildman–Crippen LogP) is 1.47. The standard InChI is InChI=1S/C9H16O2/c1-2-7(10)9-6-4-3-5-8(9)11-9/h7-8,10H,2-6H2,1H3/t7-,8+,9+/m0/s1. The topological polar surface area (TPSA) is 32.8 Å². The third-order valence-corrected chi connectivity index (χ3v) is 3.08. The monoisotopic (exact) mass is 156 g/mol. The summed E-state index contributed by atoms with van der Waals surface area (Å²) in [4.78, 5) is 0. The van der Waals surface area contributed by atoms with Gasteiger partial charge in [-0.3, -0.25) is 0 Å². The van der Waals surface area contributed by atoms with Gasteiger partial charge in [0.2, 0.25) is 0 Å². The van der Waals surface area contributed by atoms with Crippen LogP contribution in [0.3, 0.4) is 0 Å². The normalized spacial score (nSPS) is 44.7. The number of epoxide rings is 1. The molecular formula is C9H16O2. The van der Waals surface area contributed by atoms with E-state index in [1.807, 2.05) is 6.92 Å². The van der Waals surface area contributed by atoms with Crippen LogP contribution in [0.25, 0.3) is 0 Å². The molecule has 1 heterocycles. The third-order valence-electron chi connectivity index (χ3n) is 3.08. The fourth-order valence-corrected chi connectivity index (χ4v) is 2.29. The average Bonchev–Trinajstić information content (AvgIpc) is 2.78. The maximum Gasteiger partial charge on any atom is 0.120 e. The summed E-state index contributed by atoms with van der Waals surface area (Å²) in [6, 6.07) is 0. The Bertz CT molecular complexity index is 158. The van der Waals surface area contributed by atoms with Crippen molar-refractivity contribution < 1.29 is 9.84 Å². The fraction of sp³-hybridized carbons (Fsp3) is 1.00. The molecule has 1 aliphatic carbocycles. The van der Waals surface area contributed by atoms with Crippen LogP contribution in [0.2, 0.25) is 0 Å². The molecule has 2 fully saturated rings. The number of rotatable bonds is 2. The molecule has 2 rings (SSSR count). The molecule has 2 aliphatic rings. The van der Waals surface area contributed by atoms with E-state index in [1.165, 1.54) is 12.8 Å². The number of aliphatic hydroxyl groups excluding tert-OH is 1. The van der Waals surface area contributed by atoms with E-state index in [0.29, 0.717) is 6.10 Å². The highest BCUT2D eigenvalue weighted by atomic mass is 16.6. The molecule has 0 amide bonds. The Kier molecular flexibility index (Phi) is 1.69. The summed E-state index contributed by atoms with van der Waals surface area (Å²) in [5, 5.41) is 9.66. The molecule has 0 bridgehead atoms. The van der Waals surface area contributed by atoms with Crippen molar-refractivity contribution in [1.29, 1.82) is 0 Å². The predicted molar refractivity (Wildman–Crippen MR) is 42.4 cm³/mol. The third kappa shape index (κ3) is 1.00. The quantitative estimate of drug-likeness (QED) is 0.614. The number of hydrogen-bond donors (Lipinski definition) is 1. The molecule has 2 nitrogen and oxygen atoms in total. The summed E-state index contributed by atoms with van der Waals surface area (Å²) in [6.07, 6.45) is 5.76. The Morgan fingerprint density at radius 2 is 2.45 bits per heavy atom. The molecule has 1 N–H and O–H groups in total. The lowest BCUT2D eigenvalue weighted by Gasteiger charge is -2.21. The zero-order chi connectivity index (χ0) is 7.90. The summed E-state index contributed by atoms with van der Waals surface area (Å²) < 4.78 is 5.57. The van der Waals surface area contributed by atoms with Crippen LogP contribution >= 0.6 is 0 Å². The van der Waals surface area contributed by atoms with Gasteiger partial charge in [0.1, 0.15) is 5.60 Å². The summed E-state index contributed by atoms with van der Waals surface area (Å²) in [7, 11) is 0. The fourth-order valence-electron chi connectivity index (χ4n) is 2.29. The Hall–Kier alpha value is -0.0800. The van der Waals surface area contributed by atoms with Gasteiger partial charge < -0.3 is 9.84 Å². The molecule has 11 heavy (non-hydrogen) atoms. The molecule has 64 valence electrons. The highest BCUT2D eigenvalue weighted by molar-refractivity contribution is 5.09. The zero-order valence-corrected chi connectivity index (χ0v) is 7.05. The first-order valence-electron chi connectivity index (χ1n) is 4.65. The van der Waals surface area contributed by atoms with E-state index in [4.69, 9.17) is 4.74 Å². The van der Waals surface area contributed by atoms with Crippen molar-refractivity contribution in [3.63, 3.8) is 0 Å². The van der Waals surface area contributed by atoms with Crippen molar-refractivity contribution in [2.75, 3.05) is 0 Å². The highest BCUT2D eigenvalue weighted by Crippen LogP contribution is 2.50. The van der Waals surface area contributed by atoms with Crippen LogP contribution in [0.4, 0.5) is 0 Å². The van der Waals surface area contributed by atoms with E-state index in [-0.39, 0.29) is 11.7 Å². The molecule has 0 aromatic carbocycles. The van der Waals surface area contributed by atoms with E-state index in [0.717, 1.165) is 19.3 Å². The van der Waals surface area contributed by atoms with Crippen LogP contribution in [0.15, 0.2) is 0 Å². The average molecular weight is 156 g/mol. The Balaban J connectivity index is 2.01. The summed E-state index contributed by atoms with van der Waals surface area (Å²) in [6.45, 7) is 2.02. The molecule has 0 spiro atoms. The van der Waals surface area contributed by atoms with E-state index >= 15 is 0 Å². The first-order valence-corrected chi connectivity index (χ1v) is 4.65. The minimum Gasteiger partial charge on any atom is -0.390 e. The Morgan fingerprint density at radius 3 is 3.09 bits per heavy atom. The van der Waals surface area contributed by atoms with E-state index in [1.54, 1.807) is 0 Å². The largest absolute Gasteiger partial charge is 0.390 e. The van der Waals surface area contributed by atoms with Crippen molar-refractivity contribution in [2.24, 2.45) is 0 Å². The van der Waals surface area contributed by atoms with Crippen molar-refractivity contribution in [2.45, 2.75) is 56.8 Å². The Morgan fingerprint density at radius 1 is 1.64 bits per heavy atom. The van der Waals surface area contributed by atoms with Crippen molar-refractivity contribution in [3.8, 4) is 0 Å². The molecular weight excluding hydrogens is 140 g/mol. The van der Waals surface area contributed by atoms with Crippen LogP contribution in [0.1, 0.15) is 39.0 Å². The van der Waals surface area contributed by atoms with Crippen molar-refractivity contribution in [3.05, 3.63) is 0 Å². The van der Waals surface area contributed by atoms with Crippen LogP contribution in [-0.4, -0.2) is 22.9 Å². The summed E-state index contributed by atoms with van der Waals surface area (Å²) in [5.74, 6) is 0. The van der Waals surface area contributed by atoms with Crippen LogP contribution < -0.4 is 0 Å². The first kappa shape index (κ1) is 7.56. The molecule has 1 saturated heterocycles. The van der Waals surface area contributed by atoms with Gasteiger partial charge >= 0.3 is 0 Å².